The van der Waals surface area contributed by atoms with Gasteiger partial charge in [-0.2, -0.15) is 0 Å². The Morgan fingerprint density at radius 3 is 2.83 bits per heavy atom. The molecular weight excluding hydrogens is 314 g/mol. The monoisotopic (exact) mass is 325 g/mol. The lowest BCUT2D eigenvalue weighted by molar-refractivity contribution is 0.0696. The zero-order chi connectivity index (χ0) is 13.0. The molecule has 0 spiro atoms. The third kappa shape index (κ3) is 3.34. The van der Waals surface area contributed by atoms with Gasteiger partial charge in [-0.05, 0) is 52.0 Å². The van der Waals surface area contributed by atoms with Gasteiger partial charge in [0.25, 0.3) is 0 Å². The van der Waals surface area contributed by atoms with Crippen LogP contribution in [0.4, 0.5) is 5.69 Å². The van der Waals surface area contributed by atoms with Gasteiger partial charge in [-0.3, -0.25) is 0 Å². The maximum absolute atomic E-state index is 10.9. The smallest absolute Gasteiger partial charge is 0.336 e. The number of nitrogens with one attached hydrogen (secondary N) is 1. The number of carboxylic acid groups (broad SMARTS) is 1. The van der Waals surface area contributed by atoms with Gasteiger partial charge in [0.1, 0.15) is 0 Å². The van der Waals surface area contributed by atoms with E-state index >= 15 is 0 Å². The van der Waals surface area contributed by atoms with E-state index in [0.717, 1.165) is 18.7 Å². The van der Waals surface area contributed by atoms with E-state index in [1.54, 1.807) is 29.5 Å². The minimum absolute atomic E-state index is 0.277. The Balaban J connectivity index is 1.94. The number of hydrogen-bond donors (Lipinski definition) is 2. The van der Waals surface area contributed by atoms with E-state index in [-0.39, 0.29) is 5.56 Å². The van der Waals surface area contributed by atoms with Crippen molar-refractivity contribution in [1.82, 2.24) is 0 Å². The first-order valence-corrected chi connectivity index (χ1v) is 7.13. The molecule has 0 aliphatic carbocycles. The second-order valence-electron chi connectivity index (χ2n) is 3.76. The zero-order valence-electron chi connectivity index (χ0n) is 9.52. The third-order valence-electron chi connectivity index (χ3n) is 2.48. The normalized spacial score (nSPS) is 10.3. The first-order valence-electron chi connectivity index (χ1n) is 5.46. The van der Waals surface area contributed by atoms with Gasteiger partial charge < -0.3 is 10.4 Å². The summed E-state index contributed by atoms with van der Waals surface area (Å²) >= 11 is 5.00. The van der Waals surface area contributed by atoms with Crippen molar-refractivity contribution in [2.45, 2.75) is 6.42 Å². The molecule has 1 aromatic heterocycles. The molecule has 0 radical (unpaired) electrons. The summed E-state index contributed by atoms with van der Waals surface area (Å²) in [5.74, 6) is -0.924. The summed E-state index contributed by atoms with van der Waals surface area (Å²) in [7, 11) is 0. The molecule has 0 aliphatic rings. The highest BCUT2D eigenvalue weighted by atomic mass is 79.9. The molecule has 94 valence electrons. The summed E-state index contributed by atoms with van der Waals surface area (Å²) in [5, 5.41) is 14.2. The topological polar surface area (TPSA) is 49.3 Å². The molecule has 0 bridgehead atoms. The molecular formula is C13H12BrNO2S. The zero-order valence-corrected chi connectivity index (χ0v) is 11.9. The first-order chi connectivity index (χ1) is 8.66. The average molecular weight is 326 g/mol. The average Bonchev–Trinajstić information content (AvgIpc) is 2.81. The predicted octanol–water partition coefficient (Wildman–Crippen LogP) is 3.86. The highest BCUT2D eigenvalue weighted by Gasteiger charge is 2.08. The Labute approximate surface area is 118 Å². The second kappa shape index (κ2) is 6.02. The highest BCUT2D eigenvalue weighted by molar-refractivity contribution is 9.10. The SMILES string of the molecule is O=C(O)c1ccc(NCCc2cccs2)cc1Br. The van der Waals surface area contributed by atoms with Crippen LogP contribution in [0, 0.1) is 0 Å². The fourth-order valence-electron chi connectivity index (χ4n) is 1.58. The lowest BCUT2D eigenvalue weighted by atomic mass is 10.2. The fourth-order valence-corrected chi connectivity index (χ4v) is 2.84. The van der Waals surface area contributed by atoms with Crippen molar-refractivity contribution in [1.29, 1.82) is 0 Å². The molecule has 1 heterocycles. The number of benzene rings is 1. The van der Waals surface area contributed by atoms with Gasteiger partial charge in [-0.1, -0.05) is 6.07 Å². The standard InChI is InChI=1S/C13H12BrNO2S/c14-12-8-9(3-4-11(12)13(16)17)15-6-5-10-2-1-7-18-10/h1-4,7-8,15H,5-6H2,(H,16,17). The summed E-state index contributed by atoms with van der Waals surface area (Å²) in [5.41, 5.74) is 1.20. The van der Waals surface area contributed by atoms with Crippen LogP contribution >= 0.6 is 27.3 Å². The van der Waals surface area contributed by atoms with Crippen molar-refractivity contribution >= 4 is 38.9 Å². The molecule has 0 aliphatic heterocycles. The Morgan fingerprint density at radius 2 is 2.22 bits per heavy atom. The number of carboxylic acids is 1. The molecule has 5 heteroatoms. The quantitative estimate of drug-likeness (QED) is 0.877. The number of anilines is 1. The Kier molecular flexibility index (Phi) is 4.38. The summed E-state index contributed by atoms with van der Waals surface area (Å²) < 4.78 is 0.594. The molecule has 2 aromatic rings. The van der Waals surface area contributed by atoms with E-state index in [0.29, 0.717) is 4.47 Å². The number of carbonyl (C=O) groups is 1. The first kappa shape index (κ1) is 13.1. The van der Waals surface area contributed by atoms with Crippen LogP contribution in [0.2, 0.25) is 0 Å². The van der Waals surface area contributed by atoms with Crippen molar-refractivity contribution in [3.63, 3.8) is 0 Å². The molecule has 2 rings (SSSR count). The molecule has 0 unspecified atom stereocenters. The molecule has 18 heavy (non-hydrogen) atoms. The van der Waals surface area contributed by atoms with Crippen LogP contribution in [0.1, 0.15) is 15.2 Å². The van der Waals surface area contributed by atoms with Crippen LogP contribution in [0.3, 0.4) is 0 Å². The number of hydrogen-bond acceptors (Lipinski definition) is 3. The molecule has 1 aromatic carbocycles. The molecule has 2 N–H and O–H groups in total. The highest BCUT2D eigenvalue weighted by Crippen LogP contribution is 2.21. The molecule has 0 saturated carbocycles. The van der Waals surface area contributed by atoms with Gasteiger partial charge in [0.2, 0.25) is 0 Å². The maximum Gasteiger partial charge on any atom is 0.336 e. The van der Waals surface area contributed by atoms with Crippen LogP contribution < -0.4 is 5.32 Å². The van der Waals surface area contributed by atoms with Crippen LogP contribution in [-0.2, 0) is 6.42 Å². The van der Waals surface area contributed by atoms with Crippen LogP contribution in [0.5, 0.6) is 0 Å². The Hall–Kier alpha value is -1.33. The summed E-state index contributed by atoms with van der Waals surface area (Å²) in [4.78, 5) is 12.2. The minimum Gasteiger partial charge on any atom is -0.478 e. The van der Waals surface area contributed by atoms with Gasteiger partial charge in [-0.25, -0.2) is 4.79 Å². The lowest BCUT2D eigenvalue weighted by Gasteiger charge is -2.07. The van der Waals surface area contributed by atoms with Gasteiger partial charge in [0, 0.05) is 21.6 Å². The molecule has 0 fully saturated rings. The van der Waals surface area contributed by atoms with Gasteiger partial charge in [0.15, 0.2) is 0 Å². The van der Waals surface area contributed by atoms with Crippen molar-refractivity contribution in [3.05, 3.63) is 50.6 Å². The molecule has 0 saturated heterocycles. The fraction of sp³-hybridized carbons (Fsp3) is 0.154. The van der Waals surface area contributed by atoms with E-state index in [9.17, 15) is 4.79 Å². The van der Waals surface area contributed by atoms with Gasteiger partial charge in [0.05, 0.1) is 5.56 Å². The number of aromatic carboxylic acids is 1. The predicted molar refractivity (Wildman–Crippen MR) is 77.6 cm³/mol. The second-order valence-corrected chi connectivity index (χ2v) is 5.64. The van der Waals surface area contributed by atoms with Crippen molar-refractivity contribution in [3.8, 4) is 0 Å². The van der Waals surface area contributed by atoms with E-state index in [1.165, 1.54) is 4.88 Å². The molecule has 0 amide bonds. The lowest BCUT2D eigenvalue weighted by Crippen LogP contribution is -2.05. The summed E-state index contributed by atoms with van der Waals surface area (Å²) in [6.07, 6.45) is 0.968. The van der Waals surface area contributed by atoms with Crippen LogP contribution in [0.25, 0.3) is 0 Å². The van der Waals surface area contributed by atoms with Crippen molar-refractivity contribution in [2.75, 3.05) is 11.9 Å². The van der Waals surface area contributed by atoms with E-state index in [2.05, 4.69) is 32.7 Å². The van der Waals surface area contributed by atoms with E-state index in [1.807, 2.05) is 6.07 Å². The van der Waals surface area contributed by atoms with Gasteiger partial charge >= 0.3 is 5.97 Å². The van der Waals surface area contributed by atoms with Gasteiger partial charge in [-0.15, -0.1) is 11.3 Å². The molecule has 3 nitrogen and oxygen atoms in total. The Morgan fingerprint density at radius 1 is 1.39 bits per heavy atom. The number of halogens is 1. The summed E-state index contributed by atoms with van der Waals surface area (Å²) in [6.45, 7) is 0.833. The largest absolute Gasteiger partial charge is 0.478 e. The van der Waals surface area contributed by atoms with E-state index in [4.69, 9.17) is 5.11 Å². The maximum atomic E-state index is 10.9. The Bertz CT molecular complexity index is 540. The minimum atomic E-state index is -0.924. The summed E-state index contributed by atoms with van der Waals surface area (Å²) in [6, 6.07) is 9.31. The van der Waals surface area contributed by atoms with Crippen molar-refractivity contribution < 1.29 is 9.90 Å². The van der Waals surface area contributed by atoms with Crippen LogP contribution in [-0.4, -0.2) is 17.6 Å². The molecule has 0 atom stereocenters. The number of rotatable bonds is 5. The van der Waals surface area contributed by atoms with Crippen LogP contribution in [0.15, 0.2) is 40.2 Å². The van der Waals surface area contributed by atoms with E-state index < -0.39 is 5.97 Å². The van der Waals surface area contributed by atoms with Crippen molar-refractivity contribution in [2.24, 2.45) is 0 Å². The number of thiophene rings is 1. The third-order valence-corrected chi connectivity index (χ3v) is 4.07.